The normalized spacial score (nSPS) is 11.7. The molecule has 0 radical (unpaired) electrons. The molecule has 0 spiro atoms. The molecule has 0 aromatic heterocycles. The number of halogens is 1. The molecule has 2 N–H and O–H groups in total. The lowest BCUT2D eigenvalue weighted by Crippen LogP contribution is -2.15. The lowest BCUT2D eigenvalue weighted by molar-refractivity contribution is 0.506. The van der Waals surface area contributed by atoms with E-state index in [2.05, 4.69) is 45.0 Å². The average Bonchev–Trinajstić information content (AvgIpc) is 2.47. The van der Waals surface area contributed by atoms with E-state index in [4.69, 9.17) is 17.3 Å². The molecule has 0 saturated heterocycles. The number of hydrogen-bond donors (Lipinski definition) is 1. The Hall–Kier alpha value is -1.31. The summed E-state index contributed by atoms with van der Waals surface area (Å²) in [7, 11) is 0. The molecule has 106 valence electrons. The molecule has 2 rings (SSSR count). The van der Waals surface area contributed by atoms with E-state index in [1.165, 1.54) is 11.1 Å². The summed E-state index contributed by atoms with van der Waals surface area (Å²) in [4.78, 5) is 0. The van der Waals surface area contributed by atoms with Crippen LogP contribution in [0.3, 0.4) is 0 Å². The van der Waals surface area contributed by atoms with Crippen molar-refractivity contribution in [2.24, 2.45) is 5.73 Å². The third-order valence-electron chi connectivity index (χ3n) is 4.15. The zero-order valence-electron chi connectivity index (χ0n) is 12.4. The SMILES string of the molecule is CCC(C)(C)c1ccc(-c2ccc(Cl)cc2CN)cc1. The summed E-state index contributed by atoms with van der Waals surface area (Å²) in [6, 6.07) is 14.7. The second-order valence-corrected chi connectivity index (χ2v) is 6.26. The van der Waals surface area contributed by atoms with Gasteiger partial charge in [0.05, 0.1) is 0 Å². The highest BCUT2D eigenvalue weighted by molar-refractivity contribution is 6.30. The van der Waals surface area contributed by atoms with E-state index in [9.17, 15) is 0 Å². The van der Waals surface area contributed by atoms with Gasteiger partial charge >= 0.3 is 0 Å². The summed E-state index contributed by atoms with van der Waals surface area (Å²) in [5.74, 6) is 0. The summed E-state index contributed by atoms with van der Waals surface area (Å²) >= 11 is 6.03. The second kappa shape index (κ2) is 5.99. The van der Waals surface area contributed by atoms with Gasteiger partial charge < -0.3 is 5.73 Å². The van der Waals surface area contributed by atoms with Gasteiger partial charge in [-0.3, -0.25) is 0 Å². The van der Waals surface area contributed by atoms with Gasteiger partial charge in [-0.2, -0.15) is 0 Å². The maximum atomic E-state index is 6.03. The molecule has 0 aliphatic rings. The third-order valence-corrected chi connectivity index (χ3v) is 4.38. The first-order chi connectivity index (χ1) is 9.47. The molecule has 0 aliphatic carbocycles. The van der Waals surface area contributed by atoms with Gasteiger partial charge in [-0.1, -0.05) is 62.7 Å². The predicted molar refractivity (Wildman–Crippen MR) is 88.1 cm³/mol. The van der Waals surface area contributed by atoms with Crippen molar-refractivity contribution in [2.75, 3.05) is 0 Å². The van der Waals surface area contributed by atoms with Crippen LogP contribution >= 0.6 is 11.6 Å². The molecule has 0 amide bonds. The van der Waals surface area contributed by atoms with Gasteiger partial charge in [0.25, 0.3) is 0 Å². The highest BCUT2D eigenvalue weighted by Crippen LogP contribution is 2.31. The lowest BCUT2D eigenvalue weighted by Gasteiger charge is -2.23. The molecule has 1 nitrogen and oxygen atoms in total. The molecular formula is C18H22ClN. The van der Waals surface area contributed by atoms with E-state index < -0.39 is 0 Å². The van der Waals surface area contributed by atoms with Crippen molar-refractivity contribution < 1.29 is 0 Å². The molecule has 0 atom stereocenters. The summed E-state index contributed by atoms with van der Waals surface area (Å²) in [6.45, 7) is 7.27. The monoisotopic (exact) mass is 287 g/mol. The van der Waals surface area contributed by atoms with Crippen LogP contribution in [0.2, 0.25) is 5.02 Å². The van der Waals surface area contributed by atoms with Crippen molar-refractivity contribution in [1.82, 2.24) is 0 Å². The molecule has 0 aliphatic heterocycles. The van der Waals surface area contributed by atoms with Crippen LogP contribution in [0.5, 0.6) is 0 Å². The van der Waals surface area contributed by atoms with Crippen molar-refractivity contribution in [1.29, 1.82) is 0 Å². The van der Waals surface area contributed by atoms with E-state index in [0.717, 1.165) is 22.6 Å². The van der Waals surface area contributed by atoms with Gasteiger partial charge in [0.15, 0.2) is 0 Å². The van der Waals surface area contributed by atoms with Crippen LogP contribution in [0.1, 0.15) is 38.3 Å². The van der Waals surface area contributed by atoms with E-state index in [1.54, 1.807) is 0 Å². The Bertz CT molecular complexity index is 585. The second-order valence-electron chi connectivity index (χ2n) is 5.82. The lowest BCUT2D eigenvalue weighted by atomic mass is 9.81. The van der Waals surface area contributed by atoms with Gasteiger partial charge in [0, 0.05) is 11.6 Å². The fourth-order valence-corrected chi connectivity index (χ4v) is 2.51. The number of rotatable bonds is 4. The molecule has 2 aromatic carbocycles. The van der Waals surface area contributed by atoms with Crippen LogP contribution in [0.25, 0.3) is 11.1 Å². The van der Waals surface area contributed by atoms with E-state index in [-0.39, 0.29) is 5.41 Å². The summed E-state index contributed by atoms with van der Waals surface area (Å²) < 4.78 is 0. The molecular weight excluding hydrogens is 266 g/mol. The maximum Gasteiger partial charge on any atom is 0.0409 e. The minimum atomic E-state index is 0.217. The first-order valence-corrected chi connectivity index (χ1v) is 7.45. The maximum absolute atomic E-state index is 6.03. The van der Waals surface area contributed by atoms with Gasteiger partial charge in [-0.05, 0) is 46.2 Å². The standard InChI is InChI=1S/C18H22ClN/c1-4-18(2,3)15-7-5-13(6-8-15)17-10-9-16(19)11-14(17)12-20/h5-11H,4,12,20H2,1-3H3. The molecule has 0 bridgehead atoms. The van der Waals surface area contributed by atoms with Gasteiger partial charge in [0.1, 0.15) is 0 Å². The Labute approximate surface area is 126 Å². The first-order valence-electron chi connectivity index (χ1n) is 7.07. The Kier molecular flexibility index (Phi) is 4.52. The fraction of sp³-hybridized carbons (Fsp3) is 0.333. The van der Waals surface area contributed by atoms with Crippen molar-refractivity contribution in [2.45, 2.75) is 39.2 Å². The van der Waals surface area contributed by atoms with Gasteiger partial charge in [-0.15, -0.1) is 0 Å². The van der Waals surface area contributed by atoms with Crippen LogP contribution in [0.4, 0.5) is 0 Å². The average molecular weight is 288 g/mol. The van der Waals surface area contributed by atoms with Crippen molar-refractivity contribution >= 4 is 11.6 Å². The van der Waals surface area contributed by atoms with Crippen LogP contribution in [-0.4, -0.2) is 0 Å². The van der Waals surface area contributed by atoms with Crippen molar-refractivity contribution in [3.05, 3.63) is 58.6 Å². The Morgan fingerprint density at radius 1 is 1.05 bits per heavy atom. The van der Waals surface area contributed by atoms with Gasteiger partial charge in [-0.25, -0.2) is 0 Å². The van der Waals surface area contributed by atoms with Crippen LogP contribution < -0.4 is 5.73 Å². The Balaban J connectivity index is 2.40. The number of hydrogen-bond acceptors (Lipinski definition) is 1. The highest BCUT2D eigenvalue weighted by atomic mass is 35.5. The van der Waals surface area contributed by atoms with E-state index in [1.807, 2.05) is 18.2 Å². The molecule has 0 unspecified atom stereocenters. The van der Waals surface area contributed by atoms with Crippen LogP contribution in [-0.2, 0) is 12.0 Å². The highest BCUT2D eigenvalue weighted by Gasteiger charge is 2.17. The van der Waals surface area contributed by atoms with Crippen LogP contribution in [0.15, 0.2) is 42.5 Å². The van der Waals surface area contributed by atoms with E-state index in [0.29, 0.717) is 6.54 Å². The largest absolute Gasteiger partial charge is 0.326 e. The third kappa shape index (κ3) is 3.05. The molecule has 20 heavy (non-hydrogen) atoms. The van der Waals surface area contributed by atoms with Crippen LogP contribution in [0, 0.1) is 0 Å². The van der Waals surface area contributed by atoms with Crippen molar-refractivity contribution in [3.63, 3.8) is 0 Å². The predicted octanol–water partition coefficient (Wildman–Crippen LogP) is 5.15. The smallest absolute Gasteiger partial charge is 0.0409 e. The molecule has 0 heterocycles. The topological polar surface area (TPSA) is 26.0 Å². The number of nitrogens with two attached hydrogens (primary N) is 1. The molecule has 0 fully saturated rings. The zero-order valence-corrected chi connectivity index (χ0v) is 13.2. The summed E-state index contributed by atoms with van der Waals surface area (Å²) in [6.07, 6.45) is 1.13. The Morgan fingerprint density at radius 2 is 1.70 bits per heavy atom. The van der Waals surface area contributed by atoms with Gasteiger partial charge in [0.2, 0.25) is 0 Å². The summed E-state index contributed by atoms with van der Waals surface area (Å²) in [5.41, 5.74) is 10.8. The zero-order chi connectivity index (χ0) is 14.8. The van der Waals surface area contributed by atoms with E-state index >= 15 is 0 Å². The molecule has 2 aromatic rings. The van der Waals surface area contributed by atoms with Crippen molar-refractivity contribution in [3.8, 4) is 11.1 Å². The molecule has 0 saturated carbocycles. The summed E-state index contributed by atoms with van der Waals surface area (Å²) in [5, 5.41) is 0.734. The number of benzene rings is 2. The minimum Gasteiger partial charge on any atom is -0.326 e. The quantitative estimate of drug-likeness (QED) is 0.826. The minimum absolute atomic E-state index is 0.217. The molecule has 2 heteroatoms. The Morgan fingerprint density at radius 3 is 2.25 bits per heavy atom. The first kappa shape index (κ1) is 15.1. The fourth-order valence-electron chi connectivity index (χ4n) is 2.32.